The summed E-state index contributed by atoms with van der Waals surface area (Å²) in [4.78, 5) is 12.3. The van der Waals surface area contributed by atoms with Crippen molar-refractivity contribution in [3.8, 4) is 10.6 Å². The van der Waals surface area contributed by atoms with Crippen LogP contribution in [0.1, 0.15) is 4.88 Å². The number of nitrogens with one attached hydrogen (secondary N) is 1. The van der Waals surface area contributed by atoms with E-state index in [0.717, 1.165) is 26.8 Å². The van der Waals surface area contributed by atoms with Gasteiger partial charge in [0.15, 0.2) is 0 Å². The Kier molecular flexibility index (Phi) is 5.88. The molecule has 3 N–H and O–H groups in total. The fraction of sp³-hybridized carbons (Fsp3) is 0.0909. The number of para-hydroxylation sites is 1. The van der Waals surface area contributed by atoms with Crippen LogP contribution in [-0.2, 0) is 10.0 Å². The van der Waals surface area contributed by atoms with Gasteiger partial charge in [0.05, 0.1) is 23.4 Å². The number of pyridine rings is 1. The number of fused-ring (bicyclic) bond motifs is 1. The van der Waals surface area contributed by atoms with E-state index in [-0.39, 0.29) is 0 Å². The van der Waals surface area contributed by atoms with Crippen LogP contribution in [0.15, 0.2) is 79.3 Å². The Balaban J connectivity index is 0.000000192. The lowest BCUT2D eigenvalue weighted by Crippen LogP contribution is -2.29. The summed E-state index contributed by atoms with van der Waals surface area (Å²) in [6, 6.07) is 13.7. The summed E-state index contributed by atoms with van der Waals surface area (Å²) in [5.41, 5.74) is 8.21. The van der Waals surface area contributed by atoms with Crippen molar-refractivity contribution in [2.24, 2.45) is 0 Å². The van der Waals surface area contributed by atoms with E-state index < -0.39 is 10.0 Å². The third-order valence-electron chi connectivity index (χ3n) is 4.55. The lowest BCUT2D eigenvalue weighted by atomic mass is 10.2. The van der Waals surface area contributed by atoms with Crippen LogP contribution in [-0.4, -0.2) is 40.5 Å². The quantitative estimate of drug-likeness (QED) is 0.487. The molecule has 0 unspecified atom stereocenters. The number of hydrogen-bond donors (Lipinski definition) is 2. The van der Waals surface area contributed by atoms with E-state index in [9.17, 15) is 8.42 Å². The molecule has 158 valence electrons. The second-order valence-electron chi connectivity index (χ2n) is 6.86. The van der Waals surface area contributed by atoms with Gasteiger partial charge in [0.2, 0.25) is 10.0 Å². The van der Waals surface area contributed by atoms with Crippen molar-refractivity contribution in [1.82, 2.24) is 19.3 Å². The Morgan fingerprint density at radius 3 is 2.74 bits per heavy atom. The van der Waals surface area contributed by atoms with Crippen molar-refractivity contribution in [1.29, 1.82) is 0 Å². The number of sulfonamides is 1. The monoisotopic (exact) mass is 451 g/mol. The number of allylic oxidation sites excluding steroid dienone is 2. The third kappa shape index (κ3) is 4.84. The summed E-state index contributed by atoms with van der Waals surface area (Å²) >= 11 is 1.45. The number of aromatic nitrogens is 3. The normalized spacial score (nSPS) is 13.6. The van der Waals surface area contributed by atoms with Crippen LogP contribution >= 0.6 is 11.3 Å². The molecule has 1 aliphatic rings. The van der Waals surface area contributed by atoms with Crippen LogP contribution in [0.25, 0.3) is 27.2 Å². The van der Waals surface area contributed by atoms with Crippen molar-refractivity contribution < 1.29 is 8.42 Å². The van der Waals surface area contributed by atoms with Crippen LogP contribution < -0.4 is 5.73 Å². The number of nitrogen functional groups attached to an aromatic ring is 1. The zero-order valence-electron chi connectivity index (χ0n) is 16.8. The first-order chi connectivity index (χ1) is 14.9. The molecule has 0 radical (unpaired) electrons. The van der Waals surface area contributed by atoms with E-state index >= 15 is 0 Å². The van der Waals surface area contributed by atoms with Gasteiger partial charge in [-0.3, -0.25) is 9.29 Å². The summed E-state index contributed by atoms with van der Waals surface area (Å²) in [5.74, 6) is 0.723. The van der Waals surface area contributed by atoms with Crippen molar-refractivity contribution in [3.63, 3.8) is 0 Å². The molecule has 0 spiro atoms. The Labute approximate surface area is 184 Å². The number of anilines is 1. The molecule has 3 aromatic heterocycles. The average molecular weight is 452 g/mol. The molecule has 0 aliphatic carbocycles. The summed E-state index contributed by atoms with van der Waals surface area (Å²) < 4.78 is 25.1. The summed E-state index contributed by atoms with van der Waals surface area (Å²) in [7, 11) is -3.30. The fourth-order valence-electron chi connectivity index (χ4n) is 3.13. The van der Waals surface area contributed by atoms with Crippen LogP contribution in [0, 0.1) is 0 Å². The predicted octanol–water partition coefficient (Wildman–Crippen LogP) is 4.13. The van der Waals surface area contributed by atoms with Gasteiger partial charge in [-0.05, 0) is 30.3 Å². The zero-order valence-corrected chi connectivity index (χ0v) is 18.4. The maximum atomic E-state index is 11.9. The number of hydrogen-bond acceptors (Lipinski definition) is 6. The van der Waals surface area contributed by atoms with Crippen molar-refractivity contribution >= 4 is 43.8 Å². The Morgan fingerprint density at radius 2 is 2.00 bits per heavy atom. The number of rotatable bonds is 3. The van der Waals surface area contributed by atoms with E-state index in [0.29, 0.717) is 12.2 Å². The number of benzene rings is 1. The van der Waals surface area contributed by atoms with E-state index in [2.05, 4.69) is 15.0 Å². The smallest absolute Gasteiger partial charge is 0.232 e. The summed E-state index contributed by atoms with van der Waals surface area (Å²) in [5, 5.41) is 1.99. The van der Waals surface area contributed by atoms with Gasteiger partial charge in [-0.15, -0.1) is 11.3 Å². The SMILES string of the molecule is CS(=O)(=O)N1CC=CC=C1c1cnc(-c2cccnc2)s1.Nc1cc2ccccc2[nH]1. The number of H-pyrrole nitrogens is 1. The first kappa shape index (κ1) is 20.8. The van der Waals surface area contributed by atoms with Gasteiger partial charge in [-0.1, -0.05) is 30.4 Å². The minimum absolute atomic E-state index is 0.352. The largest absolute Gasteiger partial charge is 0.385 e. The van der Waals surface area contributed by atoms with Crippen molar-refractivity contribution in [3.05, 3.63) is 84.2 Å². The summed E-state index contributed by atoms with van der Waals surface area (Å²) in [6.45, 7) is 0.352. The minimum Gasteiger partial charge on any atom is -0.385 e. The molecule has 0 bridgehead atoms. The van der Waals surface area contributed by atoms with E-state index in [4.69, 9.17) is 5.73 Å². The van der Waals surface area contributed by atoms with Gasteiger partial charge in [0.1, 0.15) is 10.8 Å². The molecule has 0 saturated heterocycles. The molecule has 0 amide bonds. The molecular weight excluding hydrogens is 430 g/mol. The number of nitrogens with zero attached hydrogens (tertiary/aromatic N) is 3. The lowest BCUT2D eigenvalue weighted by molar-refractivity contribution is 0.537. The van der Waals surface area contributed by atoms with Gasteiger partial charge in [-0.2, -0.15) is 0 Å². The van der Waals surface area contributed by atoms with E-state index in [1.165, 1.54) is 27.3 Å². The maximum absolute atomic E-state index is 11.9. The van der Waals surface area contributed by atoms with Crippen LogP contribution in [0.5, 0.6) is 0 Å². The molecule has 9 heteroatoms. The van der Waals surface area contributed by atoms with Gasteiger partial charge in [-0.25, -0.2) is 13.4 Å². The summed E-state index contributed by atoms with van der Waals surface area (Å²) in [6.07, 6.45) is 11.8. The maximum Gasteiger partial charge on any atom is 0.232 e. The number of thiazole rings is 1. The first-order valence-corrected chi connectivity index (χ1v) is 12.1. The van der Waals surface area contributed by atoms with Crippen LogP contribution in [0.2, 0.25) is 0 Å². The Morgan fingerprint density at radius 1 is 1.16 bits per heavy atom. The molecule has 0 atom stereocenters. The first-order valence-electron chi connectivity index (χ1n) is 9.46. The molecule has 7 nitrogen and oxygen atoms in total. The van der Waals surface area contributed by atoms with Gasteiger partial charge >= 0.3 is 0 Å². The van der Waals surface area contributed by atoms with Gasteiger partial charge in [0, 0.05) is 35.1 Å². The van der Waals surface area contributed by atoms with E-state index in [1.807, 2.05) is 54.6 Å². The second kappa shape index (κ2) is 8.75. The topological polar surface area (TPSA) is 105 Å². The zero-order chi connectivity index (χ0) is 21.8. The Hall–Kier alpha value is -3.43. The van der Waals surface area contributed by atoms with Crippen LogP contribution in [0.3, 0.4) is 0 Å². The van der Waals surface area contributed by atoms with Gasteiger partial charge < -0.3 is 10.7 Å². The molecule has 5 rings (SSSR count). The second-order valence-corrected chi connectivity index (χ2v) is 9.79. The fourth-order valence-corrected chi connectivity index (χ4v) is 5.00. The highest BCUT2D eigenvalue weighted by Crippen LogP contribution is 2.32. The molecule has 0 saturated carbocycles. The van der Waals surface area contributed by atoms with E-state index in [1.54, 1.807) is 24.7 Å². The van der Waals surface area contributed by atoms with Crippen molar-refractivity contribution in [2.45, 2.75) is 0 Å². The highest BCUT2D eigenvalue weighted by molar-refractivity contribution is 7.88. The number of aromatic amines is 1. The van der Waals surface area contributed by atoms with Crippen LogP contribution in [0.4, 0.5) is 5.82 Å². The molecule has 4 heterocycles. The van der Waals surface area contributed by atoms with Gasteiger partial charge in [0.25, 0.3) is 0 Å². The Bertz CT molecular complexity index is 1320. The highest BCUT2D eigenvalue weighted by atomic mass is 32.2. The third-order valence-corrected chi connectivity index (χ3v) is 6.76. The average Bonchev–Trinajstić information content (AvgIpc) is 3.40. The molecule has 1 aromatic carbocycles. The molecule has 0 fully saturated rings. The molecular formula is C22H21N5O2S2. The molecule has 1 aliphatic heterocycles. The molecule has 31 heavy (non-hydrogen) atoms. The lowest BCUT2D eigenvalue weighted by Gasteiger charge is -2.24. The minimum atomic E-state index is -3.30. The molecule has 4 aromatic rings. The van der Waals surface area contributed by atoms with Crippen molar-refractivity contribution in [2.75, 3.05) is 18.5 Å². The highest BCUT2D eigenvalue weighted by Gasteiger charge is 2.23. The predicted molar refractivity (Wildman–Crippen MR) is 127 cm³/mol. The number of nitrogens with two attached hydrogens (primary N) is 1. The standard InChI is InChI=1S/C14H13N3O2S2.C8H8N2/c1-21(18,19)17-8-3-2-6-12(17)13-10-16-14(20-13)11-5-4-7-15-9-11;9-8-5-6-3-1-2-4-7(6)10-8/h2-7,9-10H,8H2,1H3;1-5,10H,9H2.